The maximum Gasteiger partial charge on any atom is 0.220 e. The van der Waals surface area contributed by atoms with Gasteiger partial charge < -0.3 is 11.1 Å². The molecule has 0 aliphatic carbocycles. The largest absolute Gasteiger partial charge is 0.399 e. The zero-order chi connectivity index (χ0) is 14.4. The Bertz CT molecular complexity index is 566. The highest BCUT2D eigenvalue weighted by Gasteiger charge is 2.09. The van der Waals surface area contributed by atoms with E-state index < -0.39 is 0 Å². The van der Waals surface area contributed by atoms with Gasteiger partial charge in [-0.05, 0) is 36.6 Å². The monoisotopic (exact) mass is 268 g/mol. The summed E-state index contributed by atoms with van der Waals surface area (Å²) in [6.07, 6.45) is 1.18. The molecule has 2 aromatic rings. The number of hydrogen-bond donors (Lipinski definition) is 2. The molecule has 0 aromatic heterocycles. The average molecular weight is 268 g/mol. The molecule has 0 radical (unpaired) electrons. The highest BCUT2D eigenvalue weighted by atomic mass is 16.1. The first-order valence-electron chi connectivity index (χ1n) is 6.84. The summed E-state index contributed by atoms with van der Waals surface area (Å²) in [6.45, 7) is 1.99. The van der Waals surface area contributed by atoms with E-state index in [4.69, 9.17) is 5.73 Å². The van der Waals surface area contributed by atoms with Gasteiger partial charge in [0, 0.05) is 12.1 Å². The Labute approximate surface area is 119 Å². The van der Waals surface area contributed by atoms with E-state index in [2.05, 4.69) is 5.32 Å². The molecule has 3 heteroatoms. The molecule has 0 aliphatic heterocycles. The lowest BCUT2D eigenvalue weighted by Gasteiger charge is -2.14. The van der Waals surface area contributed by atoms with Crippen LogP contribution in [0.4, 0.5) is 5.69 Å². The number of anilines is 1. The van der Waals surface area contributed by atoms with Gasteiger partial charge in [0.2, 0.25) is 5.91 Å². The predicted octanol–water partition coefficient (Wildman–Crippen LogP) is 3.08. The molecule has 20 heavy (non-hydrogen) atoms. The molecule has 0 heterocycles. The lowest BCUT2D eigenvalue weighted by molar-refractivity contribution is -0.121. The predicted molar refractivity (Wildman–Crippen MR) is 82.2 cm³/mol. The Hall–Kier alpha value is -2.29. The van der Waals surface area contributed by atoms with Gasteiger partial charge in [0.15, 0.2) is 0 Å². The van der Waals surface area contributed by atoms with Crippen LogP contribution < -0.4 is 11.1 Å². The maximum absolute atomic E-state index is 11.9. The molecular formula is C17H20N2O. The number of rotatable bonds is 5. The second kappa shape index (κ2) is 6.75. The van der Waals surface area contributed by atoms with Crippen molar-refractivity contribution in [2.24, 2.45) is 0 Å². The van der Waals surface area contributed by atoms with Crippen molar-refractivity contribution in [2.45, 2.75) is 25.8 Å². The number of amides is 1. The SMILES string of the molecule is C[C@@H](NC(=O)CCc1cccc(N)c1)c1ccccc1. The van der Waals surface area contributed by atoms with Crippen LogP contribution >= 0.6 is 0 Å². The Morgan fingerprint density at radius 1 is 1.15 bits per heavy atom. The van der Waals surface area contributed by atoms with Crippen LogP contribution in [0, 0.1) is 0 Å². The topological polar surface area (TPSA) is 55.1 Å². The molecule has 3 N–H and O–H groups in total. The normalized spacial score (nSPS) is 11.8. The fourth-order valence-electron chi connectivity index (χ4n) is 2.15. The molecule has 2 aromatic carbocycles. The maximum atomic E-state index is 11.9. The smallest absolute Gasteiger partial charge is 0.220 e. The first-order chi connectivity index (χ1) is 9.65. The first kappa shape index (κ1) is 14.1. The number of aryl methyl sites for hydroxylation is 1. The highest BCUT2D eigenvalue weighted by Crippen LogP contribution is 2.12. The van der Waals surface area contributed by atoms with Gasteiger partial charge in [-0.2, -0.15) is 0 Å². The number of carbonyl (C=O) groups excluding carboxylic acids is 1. The number of nitrogens with two attached hydrogens (primary N) is 1. The average Bonchev–Trinajstić information content (AvgIpc) is 2.46. The van der Waals surface area contributed by atoms with E-state index in [-0.39, 0.29) is 11.9 Å². The molecule has 2 rings (SSSR count). The molecule has 0 saturated heterocycles. The van der Waals surface area contributed by atoms with Crippen LogP contribution in [0.2, 0.25) is 0 Å². The Kier molecular flexibility index (Phi) is 4.77. The number of nitrogen functional groups attached to an aromatic ring is 1. The molecule has 0 fully saturated rings. The van der Waals surface area contributed by atoms with Gasteiger partial charge in [-0.3, -0.25) is 4.79 Å². The molecule has 1 atom stereocenters. The molecule has 0 spiro atoms. The third kappa shape index (κ3) is 4.12. The molecule has 0 bridgehead atoms. The van der Waals surface area contributed by atoms with Crippen LogP contribution in [0.15, 0.2) is 54.6 Å². The van der Waals surface area contributed by atoms with Crippen molar-refractivity contribution in [3.8, 4) is 0 Å². The summed E-state index contributed by atoms with van der Waals surface area (Å²) in [4.78, 5) is 11.9. The van der Waals surface area contributed by atoms with Crippen LogP contribution in [-0.4, -0.2) is 5.91 Å². The summed E-state index contributed by atoms with van der Waals surface area (Å²) in [5.74, 6) is 0.0591. The van der Waals surface area contributed by atoms with Gasteiger partial charge in [0.1, 0.15) is 0 Å². The highest BCUT2D eigenvalue weighted by molar-refractivity contribution is 5.76. The number of nitrogens with one attached hydrogen (secondary N) is 1. The minimum absolute atomic E-state index is 0.0320. The molecular weight excluding hydrogens is 248 g/mol. The lowest BCUT2D eigenvalue weighted by atomic mass is 10.1. The second-order valence-electron chi connectivity index (χ2n) is 4.94. The lowest BCUT2D eigenvalue weighted by Crippen LogP contribution is -2.26. The van der Waals surface area contributed by atoms with E-state index in [0.29, 0.717) is 12.8 Å². The van der Waals surface area contributed by atoms with Gasteiger partial charge in [0.25, 0.3) is 0 Å². The van der Waals surface area contributed by atoms with Crippen LogP contribution in [0.1, 0.15) is 30.5 Å². The molecule has 104 valence electrons. The summed E-state index contributed by atoms with van der Waals surface area (Å²) < 4.78 is 0. The minimum atomic E-state index is 0.0320. The summed E-state index contributed by atoms with van der Waals surface area (Å²) in [6, 6.07) is 17.7. The Morgan fingerprint density at radius 2 is 1.90 bits per heavy atom. The van der Waals surface area contributed by atoms with Crippen LogP contribution in [0.3, 0.4) is 0 Å². The van der Waals surface area contributed by atoms with Crippen molar-refractivity contribution in [1.29, 1.82) is 0 Å². The van der Waals surface area contributed by atoms with Crippen molar-refractivity contribution in [1.82, 2.24) is 5.32 Å². The van der Waals surface area contributed by atoms with E-state index >= 15 is 0 Å². The van der Waals surface area contributed by atoms with E-state index in [1.165, 1.54) is 0 Å². The van der Waals surface area contributed by atoms with Gasteiger partial charge in [-0.1, -0.05) is 42.5 Å². The van der Waals surface area contributed by atoms with Gasteiger partial charge >= 0.3 is 0 Å². The number of hydrogen-bond acceptors (Lipinski definition) is 2. The fraction of sp³-hybridized carbons (Fsp3) is 0.235. The standard InChI is InChI=1S/C17H20N2O/c1-13(15-7-3-2-4-8-15)19-17(20)11-10-14-6-5-9-16(18)12-14/h2-9,12-13H,10-11,18H2,1H3,(H,19,20)/t13-/m1/s1. The molecule has 1 amide bonds. The summed E-state index contributed by atoms with van der Waals surface area (Å²) in [7, 11) is 0. The molecule has 3 nitrogen and oxygen atoms in total. The van der Waals surface area contributed by atoms with E-state index in [0.717, 1.165) is 16.8 Å². The number of benzene rings is 2. The minimum Gasteiger partial charge on any atom is -0.399 e. The molecule has 0 saturated carbocycles. The summed E-state index contributed by atoms with van der Waals surface area (Å²) in [5.41, 5.74) is 8.66. The zero-order valence-electron chi connectivity index (χ0n) is 11.7. The summed E-state index contributed by atoms with van der Waals surface area (Å²) >= 11 is 0. The van der Waals surface area contributed by atoms with Crippen LogP contribution in [0.25, 0.3) is 0 Å². The Morgan fingerprint density at radius 3 is 2.60 bits per heavy atom. The Balaban J connectivity index is 1.84. The van der Waals surface area contributed by atoms with E-state index in [9.17, 15) is 4.79 Å². The van der Waals surface area contributed by atoms with Crippen molar-refractivity contribution < 1.29 is 4.79 Å². The van der Waals surface area contributed by atoms with E-state index in [1.807, 2.05) is 61.5 Å². The molecule has 0 unspecified atom stereocenters. The fourth-order valence-corrected chi connectivity index (χ4v) is 2.15. The second-order valence-corrected chi connectivity index (χ2v) is 4.94. The quantitative estimate of drug-likeness (QED) is 0.819. The van der Waals surface area contributed by atoms with Crippen LogP contribution in [-0.2, 0) is 11.2 Å². The number of carbonyl (C=O) groups is 1. The summed E-state index contributed by atoms with van der Waals surface area (Å²) in [5, 5.41) is 3.01. The van der Waals surface area contributed by atoms with Crippen molar-refractivity contribution in [3.63, 3.8) is 0 Å². The van der Waals surface area contributed by atoms with Crippen LogP contribution in [0.5, 0.6) is 0 Å². The van der Waals surface area contributed by atoms with Crippen molar-refractivity contribution in [3.05, 3.63) is 65.7 Å². The van der Waals surface area contributed by atoms with Gasteiger partial charge in [-0.25, -0.2) is 0 Å². The third-order valence-corrected chi connectivity index (χ3v) is 3.27. The van der Waals surface area contributed by atoms with Crippen molar-refractivity contribution >= 4 is 11.6 Å². The van der Waals surface area contributed by atoms with Gasteiger partial charge in [0.05, 0.1) is 6.04 Å². The molecule has 0 aliphatic rings. The zero-order valence-corrected chi connectivity index (χ0v) is 11.7. The van der Waals surface area contributed by atoms with Crippen molar-refractivity contribution in [2.75, 3.05) is 5.73 Å². The van der Waals surface area contributed by atoms with E-state index in [1.54, 1.807) is 0 Å². The third-order valence-electron chi connectivity index (χ3n) is 3.27. The van der Waals surface area contributed by atoms with Gasteiger partial charge in [-0.15, -0.1) is 0 Å². The first-order valence-corrected chi connectivity index (χ1v) is 6.84.